The van der Waals surface area contributed by atoms with Gasteiger partial charge in [0.2, 0.25) is 5.78 Å². The fraction of sp³-hybridized carbons (Fsp3) is 0.545. The number of Topliss-reactive ketones (excluding diaryl/α,β-unsaturated/α-hetero) is 1. The highest BCUT2D eigenvalue weighted by Crippen LogP contribution is 2.25. The first-order chi connectivity index (χ1) is 5.83. The fourth-order valence-corrected chi connectivity index (χ4v) is 1.58. The SMILES string of the molecule is C#CC(=O)C/C=C\C1CCCC1. The van der Waals surface area contributed by atoms with Crippen molar-refractivity contribution in [1.29, 1.82) is 0 Å². The highest BCUT2D eigenvalue weighted by atomic mass is 16.1. The fourth-order valence-electron chi connectivity index (χ4n) is 1.58. The summed E-state index contributed by atoms with van der Waals surface area (Å²) >= 11 is 0. The van der Waals surface area contributed by atoms with Gasteiger partial charge in [-0.05, 0) is 24.7 Å². The van der Waals surface area contributed by atoms with Gasteiger partial charge in [0.15, 0.2) is 0 Å². The van der Waals surface area contributed by atoms with Crippen LogP contribution in [0.1, 0.15) is 32.1 Å². The molecule has 1 aliphatic rings. The lowest BCUT2D eigenvalue weighted by atomic mass is 10.1. The lowest BCUT2D eigenvalue weighted by Crippen LogP contribution is -1.90. The molecule has 0 aliphatic heterocycles. The van der Waals surface area contributed by atoms with Crippen molar-refractivity contribution >= 4 is 5.78 Å². The van der Waals surface area contributed by atoms with Crippen molar-refractivity contribution < 1.29 is 4.79 Å². The number of terminal acetylenes is 1. The molecule has 0 spiro atoms. The maximum absolute atomic E-state index is 10.7. The van der Waals surface area contributed by atoms with Gasteiger partial charge < -0.3 is 0 Å². The van der Waals surface area contributed by atoms with Gasteiger partial charge in [-0.3, -0.25) is 4.79 Å². The van der Waals surface area contributed by atoms with Gasteiger partial charge in [-0.25, -0.2) is 0 Å². The largest absolute Gasteiger partial charge is 0.285 e. The van der Waals surface area contributed by atoms with Crippen molar-refractivity contribution in [2.75, 3.05) is 0 Å². The van der Waals surface area contributed by atoms with Crippen LogP contribution in [0.4, 0.5) is 0 Å². The highest BCUT2D eigenvalue weighted by Gasteiger charge is 2.10. The zero-order valence-corrected chi connectivity index (χ0v) is 7.25. The Morgan fingerprint density at radius 2 is 2.17 bits per heavy atom. The highest BCUT2D eigenvalue weighted by molar-refractivity contribution is 5.95. The van der Waals surface area contributed by atoms with Crippen LogP contribution in [0.25, 0.3) is 0 Å². The monoisotopic (exact) mass is 162 g/mol. The Kier molecular flexibility index (Phi) is 3.60. The molecule has 0 amide bonds. The number of carbonyl (C=O) groups is 1. The molecule has 0 bridgehead atoms. The van der Waals surface area contributed by atoms with Crippen molar-refractivity contribution in [3.8, 4) is 12.3 Å². The molecule has 0 aromatic carbocycles. The van der Waals surface area contributed by atoms with Gasteiger partial charge in [-0.15, -0.1) is 6.42 Å². The molecule has 0 radical (unpaired) electrons. The van der Waals surface area contributed by atoms with Gasteiger partial charge in [0.1, 0.15) is 0 Å². The van der Waals surface area contributed by atoms with E-state index in [1.165, 1.54) is 25.7 Å². The number of ketones is 1. The smallest absolute Gasteiger partial charge is 0.208 e. The molecule has 0 atom stereocenters. The normalized spacial score (nSPS) is 18.2. The van der Waals surface area contributed by atoms with Gasteiger partial charge >= 0.3 is 0 Å². The van der Waals surface area contributed by atoms with Crippen LogP contribution in [0.3, 0.4) is 0 Å². The third-order valence-corrected chi connectivity index (χ3v) is 2.27. The molecule has 0 unspecified atom stereocenters. The Balaban J connectivity index is 2.21. The summed E-state index contributed by atoms with van der Waals surface area (Å²) in [6.07, 6.45) is 14.6. The minimum Gasteiger partial charge on any atom is -0.285 e. The van der Waals surface area contributed by atoms with E-state index in [9.17, 15) is 4.79 Å². The van der Waals surface area contributed by atoms with E-state index >= 15 is 0 Å². The second kappa shape index (κ2) is 4.77. The third-order valence-electron chi connectivity index (χ3n) is 2.27. The van der Waals surface area contributed by atoms with E-state index in [0.29, 0.717) is 12.3 Å². The lowest BCUT2D eigenvalue weighted by Gasteiger charge is -1.98. The molecular formula is C11H14O. The van der Waals surface area contributed by atoms with Crippen LogP contribution < -0.4 is 0 Å². The van der Waals surface area contributed by atoms with Gasteiger partial charge in [-0.2, -0.15) is 0 Å². The molecule has 64 valence electrons. The topological polar surface area (TPSA) is 17.1 Å². The molecule has 1 fully saturated rings. The molecule has 1 aliphatic carbocycles. The van der Waals surface area contributed by atoms with Crippen LogP contribution in [-0.4, -0.2) is 5.78 Å². The Bertz CT molecular complexity index is 214. The second-order valence-corrected chi connectivity index (χ2v) is 3.24. The first-order valence-electron chi connectivity index (χ1n) is 4.49. The molecule has 0 aromatic rings. The molecule has 1 nitrogen and oxygen atoms in total. The van der Waals surface area contributed by atoms with Crippen molar-refractivity contribution in [3.63, 3.8) is 0 Å². The van der Waals surface area contributed by atoms with Gasteiger partial charge in [-0.1, -0.05) is 25.0 Å². The number of rotatable bonds is 3. The molecule has 0 N–H and O–H groups in total. The molecule has 0 saturated heterocycles. The minimum absolute atomic E-state index is 0.121. The van der Waals surface area contributed by atoms with Crippen molar-refractivity contribution in [3.05, 3.63) is 12.2 Å². The maximum atomic E-state index is 10.7. The van der Waals surface area contributed by atoms with Crippen LogP contribution in [-0.2, 0) is 4.79 Å². The Hall–Kier alpha value is -1.03. The van der Waals surface area contributed by atoms with Crippen LogP contribution in [0.15, 0.2) is 12.2 Å². The average Bonchev–Trinajstić information content (AvgIpc) is 2.57. The summed E-state index contributed by atoms with van der Waals surface area (Å²) in [4.78, 5) is 10.7. The molecule has 1 rings (SSSR count). The summed E-state index contributed by atoms with van der Waals surface area (Å²) in [7, 11) is 0. The molecular weight excluding hydrogens is 148 g/mol. The lowest BCUT2D eigenvalue weighted by molar-refractivity contribution is -0.113. The zero-order valence-electron chi connectivity index (χ0n) is 7.25. The van der Waals surface area contributed by atoms with E-state index in [4.69, 9.17) is 6.42 Å². The number of hydrogen-bond donors (Lipinski definition) is 0. The minimum atomic E-state index is -0.121. The number of hydrogen-bond acceptors (Lipinski definition) is 1. The van der Waals surface area contributed by atoms with E-state index in [1.54, 1.807) is 0 Å². The van der Waals surface area contributed by atoms with Crippen molar-refractivity contribution in [1.82, 2.24) is 0 Å². The first-order valence-corrected chi connectivity index (χ1v) is 4.49. The third kappa shape index (κ3) is 2.92. The maximum Gasteiger partial charge on any atom is 0.208 e. The van der Waals surface area contributed by atoms with Gasteiger partial charge in [0, 0.05) is 6.42 Å². The molecule has 1 saturated carbocycles. The number of carbonyl (C=O) groups excluding carboxylic acids is 1. The summed E-state index contributed by atoms with van der Waals surface area (Å²) in [5.41, 5.74) is 0. The zero-order chi connectivity index (χ0) is 8.81. The molecule has 1 heteroatoms. The van der Waals surface area contributed by atoms with E-state index in [-0.39, 0.29) is 5.78 Å². The van der Waals surface area contributed by atoms with E-state index in [1.807, 2.05) is 6.08 Å². The van der Waals surface area contributed by atoms with Crippen LogP contribution in [0.5, 0.6) is 0 Å². The second-order valence-electron chi connectivity index (χ2n) is 3.24. The van der Waals surface area contributed by atoms with E-state index in [0.717, 1.165) is 0 Å². The quantitative estimate of drug-likeness (QED) is 0.353. The van der Waals surface area contributed by atoms with Gasteiger partial charge in [0.25, 0.3) is 0 Å². The van der Waals surface area contributed by atoms with Crippen molar-refractivity contribution in [2.24, 2.45) is 5.92 Å². The predicted molar refractivity (Wildman–Crippen MR) is 49.6 cm³/mol. The van der Waals surface area contributed by atoms with E-state index in [2.05, 4.69) is 12.0 Å². The predicted octanol–water partition coefficient (Wildman–Crippen LogP) is 2.33. The summed E-state index contributed by atoms with van der Waals surface area (Å²) in [6, 6.07) is 0. The van der Waals surface area contributed by atoms with Crippen LogP contribution in [0, 0.1) is 18.3 Å². The van der Waals surface area contributed by atoms with Gasteiger partial charge in [0.05, 0.1) is 0 Å². The molecule has 0 heterocycles. The van der Waals surface area contributed by atoms with E-state index < -0.39 is 0 Å². The summed E-state index contributed by atoms with van der Waals surface area (Å²) in [6.45, 7) is 0. The average molecular weight is 162 g/mol. The first kappa shape index (κ1) is 9.06. The summed E-state index contributed by atoms with van der Waals surface area (Å²) in [5.74, 6) is 2.68. The molecule has 0 aromatic heterocycles. The Morgan fingerprint density at radius 3 is 2.75 bits per heavy atom. The Labute approximate surface area is 73.9 Å². The summed E-state index contributed by atoms with van der Waals surface area (Å²) in [5, 5.41) is 0. The van der Waals surface area contributed by atoms with Crippen molar-refractivity contribution in [2.45, 2.75) is 32.1 Å². The van der Waals surface area contributed by atoms with Crippen LogP contribution >= 0.6 is 0 Å². The summed E-state index contributed by atoms with van der Waals surface area (Å²) < 4.78 is 0. The standard InChI is InChI=1S/C11H14O/c1-2-11(12)9-5-8-10-6-3-4-7-10/h1,5,8,10H,3-4,6-7,9H2/b8-5-. The van der Waals surface area contributed by atoms with Crippen LogP contribution in [0.2, 0.25) is 0 Å². The Morgan fingerprint density at radius 1 is 1.50 bits per heavy atom. The molecule has 12 heavy (non-hydrogen) atoms. The number of allylic oxidation sites excluding steroid dienone is 2.